The van der Waals surface area contributed by atoms with E-state index >= 15 is 0 Å². The quantitative estimate of drug-likeness (QED) is 0.342. The molecule has 184 valence electrons. The molecule has 0 aliphatic carbocycles. The van der Waals surface area contributed by atoms with Crippen molar-refractivity contribution in [3.63, 3.8) is 0 Å². The third kappa shape index (κ3) is 4.69. The number of aromatic hydroxyl groups is 1. The summed E-state index contributed by atoms with van der Waals surface area (Å²) in [6.45, 7) is 4.57. The zero-order chi connectivity index (χ0) is 25.2. The first-order valence-corrected chi connectivity index (χ1v) is 12.4. The molecule has 0 aliphatic rings. The van der Waals surface area contributed by atoms with E-state index in [9.17, 15) is 9.90 Å². The number of pyridine rings is 1. The van der Waals surface area contributed by atoms with E-state index in [1.807, 2.05) is 36.4 Å². The number of ether oxygens (including phenoxy) is 1. The maximum absolute atomic E-state index is 13.3. The summed E-state index contributed by atoms with van der Waals surface area (Å²) in [6, 6.07) is 11.1. The Balaban J connectivity index is 1.41. The minimum atomic E-state index is -0.448. The van der Waals surface area contributed by atoms with Gasteiger partial charge < -0.3 is 9.84 Å². The van der Waals surface area contributed by atoms with Gasteiger partial charge in [0, 0.05) is 18.0 Å². The van der Waals surface area contributed by atoms with E-state index in [0.29, 0.717) is 18.1 Å². The molecule has 1 aromatic carbocycles. The van der Waals surface area contributed by atoms with Crippen LogP contribution in [0.5, 0.6) is 11.6 Å². The highest BCUT2D eigenvalue weighted by Crippen LogP contribution is 2.24. The van der Waals surface area contributed by atoms with Crippen molar-refractivity contribution in [2.24, 2.45) is 0 Å². The Morgan fingerprint density at radius 1 is 1.08 bits per heavy atom. The van der Waals surface area contributed by atoms with Gasteiger partial charge >= 0.3 is 0 Å². The molecule has 1 N–H and O–H groups in total. The number of rotatable bonds is 8. The van der Waals surface area contributed by atoms with Crippen molar-refractivity contribution in [1.29, 1.82) is 0 Å². The van der Waals surface area contributed by atoms with Crippen LogP contribution in [0.15, 0.2) is 52.8 Å². The predicted molar refractivity (Wildman–Crippen MR) is 136 cm³/mol. The van der Waals surface area contributed by atoms with E-state index in [1.165, 1.54) is 9.08 Å². The lowest BCUT2D eigenvalue weighted by atomic mass is 10.1. The summed E-state index contributed by atoms with van der Waals surface area (Å²) in [4.78, 5) is 22.3. The van der Waals surface area contributed by atoms with Crippen molar-refractivity contribution in [2.75, 3.05) is 7.11 Å². The molecule has 5 rings (SSSR count). The Morgan fingerprint density at radius 3 is 2.61 bits per heavy atom. The first-order valence-electron chi connectivity index (χ1n) is 11.5. The smallest absolute Gasteiger partial charge is 0.272 e. The monoisotopic (exact) mass is 503 g/mol. The van der Waals surface area contributed by atoms with Crippen LogP contribution in [0.1, 0.15) is 41.6 Å². The fourth-order valence-corrected chi connectivity index (χ4v) is 4.83. The summed E-state index contributed by atoms with van der Waals surface area (Å²) >= 11 is 1.66. The van der Waals surface area contributed by atoms with Crippen molar-refractivity contribution in [1.82, 2.24) is 34.6 Å². The van der Waals surface area contributed by atoms with Gasteiger partial charge in [0.2, 0.25) is 5.88 Å². The van der Waals surface area contributed by atoms with Crippen molar-refractivity contribution < 1.29 is 9.84 Å². The lowest BCUT2D eigenvalue weighted by Crippen LogP contribution is -2.19. The van der Waals surface area contributed by atoms with E-state index < -0.39 is 11.4 Å². The third-order valence-electron chi connectivity index (χ3n) is 5.91. The number of nitrogens with zero attached hydrogens (tertiary/aromatic N) is 7. The number of hydrogen-bond acceptors (Lipinski definition) is 9. The zero-order valence-electron chi connectivity index (χ0n) is 20.1. The van der Waals surface area contributed by atoms with E-state index in [2.05, 4.69) is 44.7 Å². The Labute approximate surface area is 210 Å². The minimum absolute atomic E-state index is 0.0530. The number of aromatic nitrogens is 7. The molecule has 11 heteroatoms. The highest BCUT2D eigenvalue weighted by Gasteiger charge is 2.21. The lowest BCUT2D eigenvalue weighted by Gasteiger charge is -2.09. The SMILES string of the molecule is COc1ccc(Cn2nnnc2-c2c(O)nc3cc(CCc4nc(C(C)C)cs4)ccn3c2=O)cc1. The van der Waals surface area contributed by atoms with E-state index in [-0.39, 0.29) is 11.4 Å². The topological polar surface area (TPSA) is 120 Å². The Morgan fingerprint density at radius 2 is 1.89 bits per heavy atom. The standard InChI is InChI=1S/C25H25N7O3S/c1-15(2)19-14-36-21(26-19)9-6-16-10-11-31-20(12-16)27-24(33)22(25(31)34)23-28-29-30-32(23)13-17-4-7-18(35-3)8-5-17/h4-5,7-8,10-12,14-15,33H,6,9,13H2,1-3H3. The van der Waals surface area contributed by atoms with Gasteiger partial charge in [-0.2, -0.15) is 4.98 Å². The van der Waals surface area contributed by atoms with Gasteiger partial charge in [0.1, 0.15) is 17.0 Å². The summed E-state index contributed by atoms with van der Waals surface area (Å²) in [5.41, 5.74) is 2.87. The Hall–Kier alpha value is -4.12. The van der Waals surface area contributed by atoms with Crippen LogP contribution in [0.2, 0.25) is 0 Å². The lowest BCUT2D eigenvalue weighted by molar-refractivity contribution is 0.414. The van der Waals surface area contributed by atoms with Gasteiger partial charge in [-0.25, -0.2) is 9.67 Å². The van der Waals surface area contributed by atoms with Crippen LogP contribution in [0.4, 0.5) is 0 Å². The predicted octanol–water partition coefficient (Wildman–Crippen LogP) is 3.48. The zero-order valence-corrected chi connectivity index (χ0v) is 20.9. The molecule has 0 saturated carbocycles. The normalized spacial score (nSPS) is 11.4. The molecular weight excluding hydrogens is 478 g/mol. The molecule has 10 nitrogen and oxygen atoms in total. The molecule has 0 aliphatic heterocycles. The number of hydrogen-bond donors (Lipinski definition) is 1. The first kappa shape index (κ1) is 23.6. The van der Waals surface area contributed by atoms with Gasteiger partial charge in [0.15, 0.2) is 5.82 Å². The summed E-state index contributed by atoms with van der Waals surface area (Å²) in [6.07, 6.45) is 3.21. The number of benzene rings is 1. The Bertz CT molecular complexity index is 1570. The molecule has 0 spiro atoms. The van der Waals surface area contributed by atoms with Crippen molar-refractivity contribution in [2.45, 2.75) is 39.2 Å². The van der Waals surface area contributed by atoms with Gasteiger partial charge in [-0.05, 0) is 58.2 Å². The van der Waals surface area contributed by atoms with E-state index in [1.54, 1.807) is 24.6 Å². The van der Waals surface area contributed by atoms with Crippen molar-refractivity contribution >= 4 is 17.0 Å². The van der Waals surface area contributed by atoms with Crippen molar-refractivity contribution in [3.05, 3.63) is 80.2 Å². The Kier molecular flexibility index (Phi) is 6.47. The maximum atomic E-state index is 13.3. The molecule has 0 amide bonds. The van der Waals surface area contributed by atoms with Crippen LogP contribution in [0, 0.1) is 0 Å². The van der Waals surface area contributed by atoms with Gasteiger partial charge in [-0.1, -0.05) is 26.0 Å². The summed E-state index contributed by atoms with van der Waals surface area (Å²) in [5.74, 6) is 0.867. The molecule has 0 atom stereocenters. The van der Waals surface area contributed by atoms with Crippen LogP contribution < -0.4 is 10.3 Å². The highest BCUT2D eigenvalue weighted by molar-refractivity contribution is 7.09. The molecule has 4 aromatic heterocycles. The van der Waals surface area contributed by atoms with Gasteiger partial charge in [-0.3, -0.25) is 9.20 Å². The number of aryl methyl sites for hydroxylation is 2. The second kappa shape index (κ2) is 9.86. The van der Waals surface area contributed by atoms with Crippen LogP contribution in [0.3, 0.4) is 0 Å². The summed E-state index contributed by atoms with van der Waals surface area (Å²) in [7, 11) is 1.60. The summed E-state index contributed by atoms with van der Waals surface area (Å²) in [5, 5.41) is 25.6. The molecule has 0 unspecified atom stereocenters. The fourth-order valence-electron chi connectivity index (χ4n) is 3.87. The van der Waals surface area contributed by atoms with Crippen LogP contribution >= 0.6 is 11.3 Å². The molecule has 0 saturated heterocycles. The maximum Gasteiger partial charge on any atom is 0.272 e. The van der Waals surface area contributed by atoms with Gasteiger partial charge in [0.05, 0.1) is 24.4 Å². The first-order chi connectivity index (χ1) is 17.4. The van der Waals surface area contributed by atoms with Gasteiger partial charge in [0.25, 0.3) is 5.56 Å². The molecule has 0 radical (unpaired) electrons. The largest absolute Gasteiger partial charge is 0.497 e. The molecule has 36 heavy (non-hydrogen) atoms. The van der Waals surface area contributed by atoms with Crippen molar-refractivity contribution in [3.8, 4) is 23.0 Å². The second-order valence-electron chi connectivity index (χ2n) is 8.71. The molecule has 5 aromatic rings. The molecule has 0 bridgehead atoms. The number of methoxy groups -OCH3 is 1. The molecule has 4 heterocycles. The molecule has 0 fully saturated rings. The molecular formula is C25H25N7O3S. The average Bonchev–Trinajstić information content (AvgIpc) is 3.53. The van der Waals surface area contributed by atoms with Crippen LogP contribution in [-0.2, 0) is 19.4 Å². The fraction of sp³-hybridized carbons (Fsp3) is 0.280. The highest BCUT2D eigenvalue weighted by atomic mass is 32.1. The van der Waals surface area contributed by atoms with E-state index in [4.69, 9.17) is 4.74 Å². The number of fused-ring (bicyclic) bond motifs is 1. The van der Waals surface area contributed by atoms with Crippen LogP contribution in [-0.4, -0.2) is 46.8 Å². The van der Waals surface area contributed by atoms with Gasteiger partial charge in [-0.15, -0.1) is 16.4 Å². The average molecular weight is 504 g/mol. The second-order valence-corrected chi connectivity index (χ2v) is 9.65. The minimum Gasteiger partial charge on any atom is -0.497 e. The van der Waals surface area contributed by atoms with Crippen LogP contribution in [0.25, 0.3) is 17.0 Å². The summed E-state index contributed by atoms with van der Waals surface area (Å²) < 4.78 is 8.04. The number of tetrazole rings is 1. The third-order valence-corrected chi connectivity index (χ3v) is 6.84. The number of thiazole rings is 1. The van der Waals surface area contributed by atoms with E-state index in [0.717, 1.165) is 40.4 Å².